The molecule has 0 unspecified atom stereocenters. The Morgan fingerprint density at radius 1 is 1.21 bits per heavy atom. The predicted octanol–water partition coefficient (Wildman–Crippen LogP) is 2.92. The molecule has 0 atom stereocenters. The maximum Gasteiger partial charge on any atom is 0.302 e. The third-order valence-electron chi connectivity index (χ3n) is 3.38. The summed E-state index contributed by atoms with van der Waals surface area (Å²) in [5, 5.41) is 12.4. The van der Waals surface area contributed by atoms with E-state index in [4.69, 9.17) is 0 Å². The Balaban J connectivity index is 1.91. The molecule has 3 rings (SSSR count). The van der Waals surface area contributed by atoms with E-state index in [1.807, 2.05) is 51.1 Å². The van der Waals surface area contributed by atoms with Gasteiger partial charge in [0.2, 0.25) is 4.96 Å². The Morgan fingerprint density at radius 2 is 1.92 bits per heavy atom. The molecule has 0 fully saturated rings. The van der Waals surface area contributed by atoms with Crippen molar-refractivity contribution < 1.29 is 4.79 Å². The summed E-state index contributed by atoms with van der Waals surface area (Å²) in [6.07, 6.45) is 0. The average Bonchev–Trinajstić information content (AvgIpc) is 2.97. The number of aromatic nitrogens is 4. The van der Waals surface area contributed by atoms with Gasteiger partial charge in [-0.2, -0.15) is 4.52 Å². The molecular weight excluding hydrogens is 344 g/mol. The number of hydrogen-bond acceptors (Lipinski definition) is 7. The number of rotatable bonds is 4. The van der Waals surface area contributed by atoms with Gasteiger partial charge in [-0.15, -0.1) is 15.3 Å². The molecule has 0 aliphatic carbocycles. The zero-order valence-corrected chi connectivity index (χ0v) is 15.1. The predicted molar refractivity (Wildman–Crippen MR) is 95.6 cm³/mol. The van der Waals surface area contributed by atoms with Gasteiger partial charge in [-0.05, 0) is 0 Å². The van der Waals surface area contributed by atoms with E-state index in [0.29, 0.717) is 20.6 Å². The minimum atomic E-state index is -0.388. The highest BCUT2D eigenvalue weighted by Gasteiger charge is 2.22. The van der Waals surface area contributed by atoms with Gasteiger partial charge in [0.25, 0.3) is 0 Å². The van der Waals surface area contributed by atoms with Crippen LogP contribution in [0.2, 0.25) is 0 Å². The maximum atomic E-state index is 12.6. The molecule has 24 heavy (non-hydrogen) atoms. The number of thioether (sulfide) groups is 1. The molecular formula is C16H16N4O2S2. The van der Waals surface area contributed by atoms with Crippen LogP contribution in [0.3, 0.4) is 0 Å². The number of nitrogens with zero attached hydrogens (tertiary/aromatic N) is 4. The summed E-state index contributed by atoms with van der Waals surface area (Å²) in [7, 11) is 0. The molecule has 0 bridgehead atoms. The van der Waals surface area contributed by atoms with Gasteiger partial charge in [0.1, 0.15) is 5.78 Å². The molecule has 6 nitrogen and oxygen atoms in total. The van der Waals surface area contributed by atoms with Gasteiger partial charge in [0.15, 0.2) is 10.0 Å². The van der Waals surface area contributed by atoms with Crippen molar-refractivity contribution in [3.63, 3.8) is 0 Å². The Bertz CT molecular complexity index is 942. The highest BCUT2D eigenvalue weighted by Crippen LogP contribution is 2.26. The first kappa shape index (κ1) is 16.8. The minimum Gasteiger partial charge on any atom is -0.298 e. The summed E-state index contributed by atoms with van der Waals surface area (Å²) in [5.41, 5.74) is 0.271. The van der Waals surface area contributed by atoms with Crippen LogP contribution in [0.15, 0.2) is 39.5 Å². The Labute approximate surface area is 146 Å². The van der Waals surface area contributed by atoms with Crippen LogP contribution in [-0.2, 0) is 4.79 Å². The molecule has 8 heteroatoms. The van der Waals surface area contributed by atoms with Crippen molar-refractivity contribution in [2.24, 2.45) is 5.41 Å². The van der Waals surface area contributed by atoms with Gasteiger partial charge >= 0.3 is 5.56 Å². The second kappa shape index (κ2) is 6.45. The fourth-order valence-corrected chi connectivity index (χ4v) is 3.91. The lowest BCUT2D eigenvalue weighted by Gasteiger charge is -2.15. The monoisotopic (exact) mass is 360 g/mol. The summed E-state index contributed by atoms with van der Waals surface area (Å²) < 4.78 is 1.88. The average molecular weight is 360 g/mol. The van der Waals surface area contributed by atoms with Crippen LogP contribution in [-0.4, -0.2) is 31.3 Å². The molecule has 0 saturated carbocycles. The van der Waals surface area contributed by atoms with Crippen LogP contribution in [0.1, 0.15) is 20.8 Å². The summed E-state index contributed by atoms with van der Waals surface area (Å²) in [5.74, 6) is 0.451. The third-order valence-corrected chi connectivity index (χ3v) is 5.41. The van der Waals surface area contributed by atoms with E-state index in [9.17, 15) is 9.59 Å². The van der Waals surface area contributed by atoms with E-state index >= 15 is 0 Å². The lowest BCUT2D eigenvalue weighted by molar-refractivity contribution is -0.123. The first-order chi connectivity index (χ1) is 11.4. The maximum absolute atomic E-state index is 12.6. The largest absolute Gasteiger partial charge is 0.302 e. The number of Topliss-reactive ketones (excluding diaryl/α,β-unsaturated/α-hetero) is 1. The number of fused-ring (bicyclic) bond motifs is 1. The molecule has 2 aromatic heterocycles. The van der Waals surface area contributed by atoms with Crippen LogP contribution in [0.25, 0.3) is 16.2 Å². The molecule has 3 aromatic rings. The van der Waals surface area contributed by atoms with Crippen molar-refractivity contribution in [3.8, 4) is 11.3 Å². The van der Waals surface area contributed by atoms with Crippen LogP contribution < -0.4 is 5.56 Å². The van der Waals surface area contributed by atoms with Crippen molar-refractivity contribution in [1.29, 1.82) is 0 Å². The molecule has 0 N–H and O–H groups in total. The van der Waals surface area contributed by atoms with E-state index in [0.717, 1.165) is 0 Å². The molecule has 0 aliphatic heterocycles. The molecule has 0 spiro atoms. The van der Waals surface area contributed by atoms with E-state index in [1.54, 1.807) is 0 Å². The Morgan fingerprint density at radius 3 is 2.58 bits per heavy atom. The Kier molecular flexibility index (Phi) is 4.51. The first-order valence-electron chi connectivity index (χ1n) is 7.34. The van der Waals surface area contributed by atoms with Gasteiger partial charge in [-0.25, -0.2) is 0 Å². The number of carbonyl (C=O) groups is 1. The second-order valence-electron chi connectivity index (χ2n) is 6.24. The molecule has 124 valence electrons. The lowest BCUT2D eigenvalue weighted by atomic mass is 9.92. The minimum absolute atomic E-state index is 0.134. The standard InChI is InChI=1S/C16H16N4O2S2/c1-16(2,3)11(21)9-23-15-19-20-13(22)12(17-18-14(20)24-15)10-7-5-4-6-8-10/h4-8H,9H2,1-3H3. The molecule has 0 radical (unpaired) electrons. The van der Waals surface area contributed by atoms with Crippen molar-refractivity contribution in [3.05, 3.63) is 40.7 Å². The number of ketones is 1. The second-order valence-corrected chi connectivity index (χ2v) is 8.42. The van der Waals surface area contributed by atoms with Crippen LogP contribution in [0.5, 0.6) is 0 Å². The van der Waals surface area contributed by atoms with Crippen molar-refractivity contribution in [2.45, 2.75) is 25.1 Å². The number of carbonyl (C=O) groups excluding carboxylic acids is 1. The zero-order valence-electron chi connectivity index (χ0n) is 13.5. The van der Waals surface area contributed by atoms with Gasteiger partial charge < -0.3 is 0 Å². The first-order valence-corrected chi connectivity index (χ1v) is 9.14. The van der Waals surface area contributed by atoms with Gasteiger partial charge in [-0.3, -0.25) is 9.59 Å². The van der Waals surface area contributed by atoms with E-state index in [2.05, 4.69) is 15.3 Å². The summed E-state index contributed by atoms with van der Waals surface area (Å²) in [4.78, 5) is 25.0. The quantitative estimate of drug-likeness (QED) is 0.666. The third kappa shape index (κ3) is 3.39. The van der Waals surface area contributed by atoms with Gasteiger partial charge in [0.05, 0.1) is 5.75 Å². The highest BCUT2D eigenvalue weighted by atomic mass is 32.2. The highest BCUT2D eigenvalue weighted by molar-refractivity contribution is 8.01. The summed E-state index contributed by atoms with van der Waals surface area (Å²) in [6.45, 7) is 5.66. The molecule has 0 amide bonds. The fraction of sp³-hybridized carbons (Fsp3) is 0.312. The SMILES string of the molecule is CC(C)(C)C(=O)CSc1nn2c(=O)c(-c3ccccc3)nnc2s1. The van der Waals surface area contributed by atoms with Crippen molar-refractivity contribution in [2.75, 3.05) is 5.75 Å². The number of benzene rings is 1. The lowest BCUT2D eigenvalue weighted by Crippen LogP contribution is -2.22. The summed E-state index contributed by atoms with van der Waals surface area (Å²) >= 11 is 2.58. The van der Waals surface area contributed by atoms with Crippen LogP contribution in [0, 0.1) is 5.41 Å². The van der Waals surface area contributed by atoms with Crippen molar-refractivity contribution >= 4 is 33.8 Å². The van der Waals surface area contributed by atoms with Crippen molar-refractivity contribution in [1.82, 2.24) is 19.8 Å². The summed E-state index contributed by atoms with van der Waals surface area (Å²) in [6, 6.07) is 9.16. The topological polar surface area (TPSA) is 77.2 Å². The van der Waals surface area contributed by atoms with E-state index < -0.39 is 0 Å². The zero-order chi connectivity index (χ0) is 17.3. The van der Waals surface area contributed by atoms with Crippen LogP contribution >= 0.6 is 23.1 Å². The molecule has 2 heterocycles. The van der Waals surface area contributed by atoms with E-state index in [1.165, 1.54) is 27.6 Å². The number of hydrogen-bond donors (Lipinski definition) is 0. The smallest absolute Gasteiger partial charge is 0.298 e. The molecule has 0 saturated heterocycles. The van der Waals surface area contributed by atoms with Gasteiger partial charge in [-0.1, -0.05) is 74.2 Å². The normalized spacial score (nSPS) is 11.8. The van der Waals surface area contributed by atoms with Crippen LogP contribution in [0.4, 0.5) is 0 Å². The fourth-order valence-electron chi connectivity index (χ4n) is 1.88. The molecule has 1 aromatic carbocycles. The molecule has 0 aliphatic rings. The Hall–Kier alpha value is -2.06. The van der Waals surface area contributed by atoms with Gasteiger partial charge in [0, 0.05) is 11.0 Å². The van der Waals surface area contributed by atoms with E-state index in [-0.39, 0.29) is 22.5 Å².